The molecule has 0 atom stereocenters. The third-order valence-corrected chi connectivity index (χ3v) is 4.81. The van der Waals surface area contributed by atoms with Crippen molar-refractivity contribution in [2.24, 2.45) is 0 Å². The molecule has 3 nitrogen and oxygen atoms in total. The average molecular weight is 334 g/mol. The lowest BCUT2D eigenvalue weighted by atomic mass is 9.78. The number of benzene rings is 2. The highest BCUT2D eigenvalue weighted by Gasteiger charge is 2.51. The second-order valence-electron chi connectivity index (χ2n) is 7.20. The van der Waals surface area contributed by atoms with Crippen molar-refractivity contribution in [3.8, 4) is 17.6 Å². The summed E-state index contributed by atoms with van der Waals surface area (Å²) in [6, 6.07) is 15.8. The summed E-state index contributed by atoms with van der Waals surface area (Å²) >= 11 is 0. The zero-order valence-electron chi connectivity index (χ0n) is 15.4. The molecule has 1 aliphatic heterocycles. The van der Waals surface area contributed by atoms with Gasteiger partial charge in [0, 0.05) is 11.1 Å². The Balaban J connectivity index is 1.93. The van der Waals surface area contributed by atoms with Gasteiger partial charge in [-0.15, -0.1) is 0 Å². The normalized spacial score (nSPS) is 17.7. The lowest BCUT2D eigenvalue weighted by molar-refractivity contribution is 0.00578. The third-order valence-electron chi connectivity index (χ3n) is 4.81. The van der Waals surface area contributed by atoms with Crippen LogP contribution in [-0.2, 0) is 9.31 Å². The molecule has 0 aromatic heterocycles. The fourth-order valence-electron chi connectivity index (χ4n) is 2.59. The van der Waals surface area contributed by atoms with E-state index in [1.54, 1.807) is 7.11 Å². The summed E-state index contributed by atoms with van der Waals surface area (Å²) in [5, 5.41) is 0. The molecule has 2 aromatic rings. The zero-order chi connectivity index (χ0) is 18.1. The molecule has 0 radical (unpaired) electrons. The SMILES string of the molecule is COc1cc(C#Cc2ccccc2)cc(B2OC(C)(C)C(C)(C)O2)c1. The summed E-state index contributed by atoms with van der Waals surface area (Å²) in [5.74, 6) is 7.12. The van der Waals surface area contributed by atoms with Crippen LogP contribution in [0, 0.1) is 11.8 Å². The van der Waals surface area contributed by atoms with Crippen molar-refractivity contribution in [3.63, 3.8) is 0 Å². The number of methoxy groups -OCH3 is 1. The maximum absolute atomic E-state index is 6.14. The predicted molar refractivity (Wildman–Crippen MR) is 101 cm³/mol. The molecule has 0 spiro atoms. The van der Waals surface area contributed by atoms with E-state index in [1.165, 1.54) is 0 Å². The maximum Gasteiger partial charge on any atom is 0.495 e. The van der Waals surface area contributed by atoms with Crippen LogP contribution in [0.15, 0.2) is 48.5 Å². The first-order chi connectivity index (χ1) is 11.8. The molecular weight excluding hydrogens is 311 g/mol. The van der Waals surface area contributed by atoms with E-state index in [-0.39, 0.29) is 11.2 Å². The van der Waals surface area contributed by atoms with Gasteiger partial charge in [0.15, 0.2) is 0 Å². The number of rotatable bonds is 2. The topological polar surface area (TPSA) is 27.7 Å². The first-order valence-electron chi connectivity index (χ1n) is 8.42. The van der Waals surface area contributed by atoms with E-state index >= 15 is 0 Å². The molecule has 1 fully saturated rings. The van der Waals surface area contributed by atoms with Crippen LogP contribution in [0.1, 0.15) is 38.8 Å². The molecule has 0 saturated carbocycles. The number of hydrogen-bond donors (Lipinski definition) is 0. The Kier molecular flexibility index (Phi) is 4.64. The van der Waals surface area contributed by atoms with Crippen molar-refractivity contribution in [2.75, 3.05) is 7.11 Å². The minimum Gasteiger partial charge on any atom is -0.497 e. The van der Waals surface area contributed by atoms with Crippen LogP contribution in [0.5, 0.6) is 5.75 Å². The molecule has 0 N–H and O–H groups in total. The average Bonchev–Trinajstić information content (AvgIpc) is 2.81. The van der Waals surface area contributed by atoms with E-state index in [0.717, 1.165) is 22.3 Å². The Morgan fingerprint density at radius 3 is 2.04 bits per heavy atom. The molecule has 3 rings (SSSR count). The predicted octanol–water partition coefficient (Wildman–Crippen LogP) is 3.39. The molecule has 1 aliphatic rings. The largest absolute Gasteiger partial charge is 0.497 e. The van der Waals surface area contributed by atoms with Crippen molar-refractivity contribution >= 4 is 12.6 Å². The highest BCUT2D eigenvalue weighted by molar-refractivity contribution is 6.62. The van der Waals surface area contributed by atoms with Gasteiger partial charge >= 0.3 is 7.12 Å². The van der Waals surface area contributed by atoms with Gasteiger partial charge in [0.25, 0.3) is 0 Å². The molecular formula is C21H23BO3. The highest BCUT2D eigenvalue weighted by atomic mass is 16.7. The second-order valence-corrected chi connectivity index (χ2v) is 7.20. The van der Waals surface area contributed by atoms with E-state index in [2.05, 4.69) is 11.8 Å². The van der Waals surface area contributed by atoms with Crippen LogP contribution in [0.4, 0.5) is 0 Å². The number of ether oxygens (including phenoxy) is 1. The van der Waals surface area contributed by atoms with Crippen LogP contribution >= 0.6 is 0 Å². The molecule has 1 saturated heterocycles. The molecule has 2 aromatic carbocycles. The Morgan fingerprint density at radius 1 is 0.840 bits per heavy atom. The molecule has 0 unspecified atom stereocenters. The van der Waals surface area contributed by atoms with E-state index in [4.69, 9.17) is 14.0 Å². The van der Waals surface area contributed by atoms with Gasteiger partial charge in [0.2, 0.25) is 0 Å². The first kappa shape index (κ1) is 17.6. The fraction of sp³-hybridized carbons (Fsp3) is 0.333. The Morgan fingerprint density at radius 2 is 1.44 bits per heavy atom. The second kappa shape index (κ2) is 6.59. The molecule has 0 aliphatic carbocycles. The van der Waals surface area contributed by atoms with Crippen LogP contribution in [0.25, 0.3) is 0 Å². The van der Waals surface area contributed by atoms with Crippen molar-refractivity contribution < 1.29 is 14.0 Å². The number of hydrogen-bond acceptors (Lipinski definition) is 3. The minimum atomic E-state index is -0.433. The van der Waals surface area contributed by atoms with Crippen molar-refractivity contribution in [3.05, 3.63) is 59.7 Å². The summed E-state index contributed by atoms with van der Waals surface area (Å²) in [7, 11) is 1.22. The molecule has 128 valence electrons. The van der Waals surface area contributed by atoms with Crippen LogP contribution in [0.3, 0.4) is 0 Å². The van der Waals surface area contributed by atoms with Gasteiger partial charge < -0.3 is 14.0 Å². The van der Waals surface area contributed by atoms with E-state index in [0.29, 0.717) is 0 Å². The summed E-state index contributed by atoms with van der Waals surface area (Å²) in [4.78, 5) is 0. The van der Waals surface area contributed by atoms with Gasteiger partial charge in [-0.25, -0.2) is 0 Å². The summed E-state index contributed by atoms with van der Waals surface area (Å²) < 4.78 is 17.7. The Bertz CT molecular complexity index is 800. The molecule has 0 bridgehead atoms. The Labute approximate surface area is 150 Å². The van der Waals surface area contributed by atoms with Gasteiger partial charge in [0.05, 0.1) is 18.3 Å². The molecule has 0 amide bonds. The molecule has 4 heteroatoms. The first-order valence-corrected chi connectivity index (χ1v) is 8.42. The third kappa shape index (κ3) is 3.73. The standard InChI is InChI=1S/C21H23BO3/c1-20(2)21(3,4)25-22(24-20)18-13-17(14-19(15-18)23-5)12-11-16-9-7-6-8-10-16/h6-10,13-15H,1-5H3. The fourth-order valence-corrected chi connectivity index (χ4v) is 2.59. The maximum atomic E-state index is 6.14. The highest BCUT2D eigenvalue weighted by Crippen LogP contribution is 2.36. The van der Waals surface area contributed by atoms with E-state index in [9.17, 15) is 0 Å². The Hall–Kier alpha value is -2.22. The van der Waals surface area contributed by atoms with Gasteiger partial charge in [-0.2, -0.15) is 0 Å². The van der Waals surface area contributed by atoms with Crippen molar-refractivity contribution in [1.29, 1.82) is 0 Å². The quantitative estimate of drug-likeness (QED) is 0.622. The van der Waals surface area contributed by atoms with E-state index < -0.39 is 7.12 Å². The summed E-state index contributed by atoms with van der Waals surface area (Å²) in [6.07, 6.45) is 0. The summed E-state index contributed by atoms with van der Waals surface area (Å²) in [6.45, 7) is 8.18. The van der Waals surface area contributed by atoms with Gasteiger partial charge in [-0.3, -0.25) is 0 Å². The zero-order valence-corrected chi connectivity index (χ0v) is 15.4. The smallest absolute Gasteiger partial charge is 0.495 e. The molecule has 25 heavy (non-hydrogen) atoms. The van der Waals surface area contributed by atoms with Gasteiger partial charge in [0.1, 0.15) is 5.75 Å². The lowest BCUT2D eigenvalue weighted by Crippen LogP contribution is -2.41. The van der Waals surface area contributed by atoms with Crippen LogP contribution < -0.4 is 10.2 Å². The minimum absolute atomic E-state index is 0.378. The lowest BCUT2D eigenvalue weighted by Gasteiger charge is -2.32. The summed E-state index contributed by atoms with van der Waals surface area (Å²) in [5.41, 5.74) is 2.00. The van der Waals surface area contributed by atoms with Gasteiger partial charge in [-0.1, -0.05) is 30.0 Å². The van der Waals surface area contributed by atoms with Crippen molar-refractivity contribution in [2.45, 2.75) is 38.9 Å². The van der Waals surface area contributed by atoms with E-state index in [1.807, 2.05) is 76.2 Å². The van der Waals surface area contributed by atoms with Crippen molar-refractivity contribution in [1.82, 2.24) is 0 Å². The van der Waals surface area contributed by atoms with Crippen LogP contribution in [-0.4, -0.2) is 25.4 Å². The van der Waals surface area contributed by atoms with Crippen LogP contribution in [0.2, 0.25) is 0 Å². The molecule has 1 heterocycles. The monoisotopic (exact) mass is 334 g/mol. The van der Waals surface area contributed by atoms with Gasteiger partial charge in [-0.05, 0) is 63.5 Å².